The molecule has 2 N–H and O–H groups in total. The third-order valence-corrected chi connectivity index (χ3v) is 5.54. The highest BCUT2D eigenvalue weighted by molar-refractivity contribution is 5.86. The van der Waals surface area contributed by atoms with E-state index < -0.39 is 0 Å². The number of hydrogen-bond acceptors (Lipinski definition) is 3. The van der Waals surface area contributed by atoms with Gasteiger partial charge < -0.3 is 19.8 Å². The van der Waals surface area contributed by atoms with Crippen molar-refractivity contribution < 1.29 is 14.3 Å². The molecule has 1 aromatic heterocycles. The van der Waals surface area contributed by atoms with Gasteiger partial charge in [-0.1, -0.05) is 50.5 Å². The number of aromatic nitrogens is 1. The van der Waals surface area contributed by atoms with Gasteiger partial charge in [-0.15, -0.1) is 0 Å². The van der Waals surface area contributed by atoms with Crippen molar-refractivity contribution in [3.8, 4) is 11.5 Å². The number of ether oxygens (including phenoxy) is 2. The molecule has 2 aromatic carbocycles. The molecule has 0 bridgehead atoms. The van der Waals surface area contributed by atoms with E-state index in [1.54, 1.807) is 0 Å². The van der Waals surface area contributed by atoms with Crippen molar-refractivity contribution in [3.63, 3.8) is 0 Å². The molecule has 1 unspecified atom stereocenters. The van der Waals surface area contributed by atoms with E-state index >= 15 is 0 Å². The number of unbranched alkanes of at least 4 members (excludes halogenated alkanes) is 3. The molecule has 152 valence electrons. The maximum atomic E-state index is 12.7. The number of benzene rings is 2. The van der Waals surface area contributed by atoms with Crippen molar-refractivity contribution in [1.29, 1.82) is 0 Å². The molecule has 0 radical (unpaired) electrons. The van der Waals surface area contributed by atoms with E-state index in [1.165, 1.54) is 12.8 Å². The van der Waals surface area contributed by atoms with Gasteiger partial charge in [0.1, 0.15) is 0 Å². The van der Waals surface area contributed by atoms with E-state index in [0.717, 1.165) is 52.9 Å². The van der Waals surface area contributed by atoms with Crippen LogP contribution >= 0.6 is 0 Å². The van der Waals surface area contributed by atoms with Crippen LogP contribution in [0, 0.1) is 0 Å². The number of nitrogens with one attached hydrogen (secondary N) is 2. The molecule has 4 rings (SSSR count). The monoisotopic (exact) mass is 392 g/mol. The lowest BCUT2D eigenvalue weighted by atomic mass is 9.87. The topological polar surface area (TPSA) is 63.4 Å². The first-order valence-corrected chi connectivity index (χ1v) is 10.5. The highest BCUT2D eigenvalue weighted by Gasteiger charge is 2.24. The molecule has 0 spiro atoms. The van der Waals surface area contributed by atoms with Crippen molar-refractivity contribution in [3.05, 3.63) is 59.8 Å². The first-order valence-electron chi connectivity index (χ1n) is 10.5. The molecular weight excluding hydrogens is 364 g/mol. The molecule has 3 aromatic rings. The van der Waals surface area contributed by atoms with Gasteiger partial charge in [0.2, 0.25) is 12.7 Å². The predicted octanol–water partition coefficient (Wildman–Crippen LogP) is 5.12. The molecule has 29 heavy (non-hydrogen) atoms. The van der Waals surface area contributed by atoms with Crippen molar-refractivity contribution >= 4 is 16.8 Å². The molecule has 5 nitrogen and oxygen atoms in total. The minimum absolute atomic E-state index is 0.0590. The number of carbonyl (C=O) groups excluding carboxylic acids is 1. The van der Waals surface area contributed by atoms with Gasteiger partial charge in [-0.25, -0.2) is 0 Å². The Balaban J connectivity index is 1.57. The Labute approximate surface area is 171 Å². The Morgan fingerprint density at radius 1 is 1.10 bits per heavy atom. The lowest BCUT2D eigenvalue weighted by Gasteiger charge is -2.18. The molecule has 5 heteroatoms. The minimum Gasteiger partial charge on any atom is -0.454 e. The maximum Gasteiger partial charge on any atom is 0.231 e. The first-order chi connectivity index (χ1) is 14.3. The lowest BCUT2D eigenvalue weighted by molar-refractivity contribution is -0.121. The van der Waals surface area contributed by atoms with E-state index in [1.807, 2.05) is 36.5 Å². The highest BCUT2D eigenvalue weighted by atomic mass is 16.7. The molecule has 1 amide bonds. The quantitative estimate of drug-likeness (QED) is 0.497. The molecule has 1 atom stereocenters. The normalized spacial score (nSPS) is 13.6. The fourth-order valence-electron chi connectivity index (χ4n) is 3.96. The third-order valence-electron chi connectivity index (χ3n) is 5.54. The first kappa shape index (κ1) is 19.4. The Morgan fingerprint density at radius 2 is 1.97 bits per heavy atom. The summed E-state index contributed by atoms with van der Waals surface area (Å²) in [4.78, 5) is 16.1. The van der Waals surface area contributed by atoms with Gasteiger partial charge in [-0.3, -0.25) is 4.79 Å². The number of rotatable bonds is 9. The number of carbonyl (C=O) groups is 1. The zero-order valence-electron chi connectivity index (χ0n) is 16.9. The van der Waals surface area contributed by atoms with Crippen LogP contribution in [0.5, 0.6) is 11.5 Å². The molecular formula is C24H28N2O3. The van der Waals surface area contributed by atoms with Crippen LogP contribution in [0.15, 0.2) is 48.7 Å². The fourth-order valence-corrected chi connectivity index (χ4v) is 3.96. The molecule has 0 saturated carbocycles. The summed E-state index contributed by atoms with van der Waals surface area (Å²) in [5.41, 5.74) is 3.26. The second kappa shape index (κ2) is 9.03. The van der Waals surface area contributed by atoms with Crippen LogP contribution in [0.2, 0.25) is 0 Å². The Kier molecular flexibility index (Phi) is 6.03. The predicted molar refractivity (Wildman–Crippen MR) is 114 cm³/mol. The van der Waals surface area contributed by atoms with Crippen LogP contribution in [0.1, 0.15) is 56.1 Å². The van der Waals surface area contributed by atoms with Gasteiger partial charge in [-0.05, 0) is 35.7 Å². The SMILES string of the molecule is CCCCCCNC(=O)CC(c1ccc2c(c1)OCO2)c1c[nH]c2ccccc12. The second-order valence-corrected chi connectivity index (χ2v) is 7.57. The average molecular weight is 392 g/mol. The number of hydrogen-bond donors (Lipinski definition) is 2. The summed E-state index contributed by atoms with van der Waals surface area (Å²) >= 11 is 0. The summed E-state index contributed by atoms with van der Waals surface area (Å²) < 4.78 is 11.0. The Hall–Kier alpha value is -2.95. The second-order valence-electron chi connectivity index (χ2n) is 7.57. The van der Waals surface area contributed by atoms with Crippen LogP contribution in [0.25, 0.3) is 10.9 Å². The van der Waals surface area contributed by atoms with Crippen molar-refractivity contribution in [2.75, 3.05) is 13.3 Å². The molecule has 1 aliphatic rings. The van der Waals surface area contributed by atoms with E-state index in [9.17, 15) is 4.79 Å². The number of fused-ring (bicyclic) bond motifs is 2. The number of para-hydroxylation sites is 1. The molecule has 2 heterocycles. The number of aromatic amines is 1. The zero-order valence-corrected chi connectivity index (χ0v) is 16.9. The summed E-state index contributed by atoms with van der Waals surface area (Å²) in [7, 11) is 0. The van der Waals surface area contributed by atoms with Gasteiger partial charge in [0, 0.05) is 36.0 Å². The summed E-state index contributed by atoms with van der Waals surface area (Å²) in [5.74, 6) is 1.52. The highest BCUT2D eigenvalue weighted by Crippen LogP contribution is 2.39. The molecule has 0 fully saturated rings. The lowest BCUT2D eigenvalue weighted by Crippen LogP contribution is -2.26. The number of amides is 1. The van der Waals surface area contributed by atoms with Crippen molar-refractivity contribution in [2.24, 2.45) is 0 Å². The van der Waals surface area contributed by atoms with E-state index in [4.69, 9.17) is 9.47 Å². The standard InChI is InChI=1S/C24H28N2O3/c1-2-3-4-7-12-25-24(27)14-19(17-10-11-22-23(13-17)29-16-28-22)20-15-26-21-9-6-5-8-18(20)21/h5-6,8-11,13,15,19,26H,2-4,7,12,14,16H2,1H3,(H,25,27). The van der Waals surface area contributed by atoms with Gasteiger partial charge in [0.15, 0.2) is 11.5 Å². The van der Waals surface area contributed by atoms with Gasteiger partial charge in [0.25, 0.3) is 0 Å². The zero-order chi connectivity index (χ0) is 20.1. The van der Waals surface area contributed by atoms with Gasteiger partial charge >= 0.3 is 0 Å². The van der Waals surface area contributed by atoms with Crippen LogP contribution in [0.4, 0.5) is 0 Å². The van der Waals surface area contributed by atoms with Crippen LogP contribution in [0.3, 0.4) is 0 Å². The fraction of sp³-hybridized carbons (Fsp3) is 0.375. The Bertz CT molecular complexity index is 979. The summed E-state index contributed by atoms with van der Waals surface area (Å²) in [5, 5.41) is 4.24. The van der Waals surface area contributed by atoms with Gasteiger partial charge in [0.05, 0.1) is 0 Å². The summed E-state index contributed by atoms with van der Waals surface area (Å²) in [6.07, 6.45) is 7.02. The van der Waals surface area contributed by atoms with E-state index in [-0.39, 0.29) is 18.6 Å². The van der Waals surface area contributed by atoms with Crippen molar-refractivity contribution in [1.82, 2.24) is 10.3 Å². The maximum absolute atomic E-state index is 12.7. The summed E-state index contributed by atoms with van der Waals surface area (Å²) in [6.45, 7) is 3.17. The molecule has 0 aliphatic carbocycles. The average Bonchev–Trinajstić information content (AvgIpc) is 3.38. The Morgan fingerprint density at radius 3 is 2.86 bits per heavy atom. The largest absolute Gasteiger partial charge is 0.454 e. The smallest absolute Gasteiger partial charge is 0.231 e. The van der Waals surface area contributed by atoms with Crippen LogP contribution < -0.4 is 14.8 Å². The summed E-state index contributed by atoms with van der Waals surface area (Å²) in [6, 6.07) is 14.2. The van der Waals surface area contributed by atoms with Crippen LogP contribution in [-0.4, -0.2) is 24.2 Å². The molecule has 0 saturated heterocycles. The van der Waals surface area contributed by atoms with E-state index in [0.29, 0.717) is 6.42 Å². The van der Waals surface area contributed by atoms with Crippen molar-refractivity contribution in [2.45, 2.75) is 44.9 Å². The number of H-pyrrole nitrogens is 1. The van der Waals surface area contributed by atoms with Crippen LogP contribution in [-0.2, 0) is 4.79 Å². The molecule has 1 aliphatic heterocycles. The van der Waals surface area contributed by atoms with Gasteiger partial charge in [-0.2, -0.15) is 0 Å². The van der Waals surface area contributed by atoms with E-state index in [2.05, 4.69) is 29.4 Å². The minimum atomic E-state index is -0.0590. The third kappa shape index (κ3) is 4.39.